The van der Waals surface area contributed by atoms with Gasteiger partial charge in [-0.3, -0.25) is 9.36 Å². The van der Waals surface area contributed by atoms with Crippen LogP contribution in [0.25, 0.3) is 16.8 Å². The summed E-state index contributed by atoms with van der Waals surface area (Å²) in [5.41, 5.74) is 2.69. The maximum atomic E-state index is 14.3. The van der Waals surface area contributed by atoms with Crippen molar-refractivity contribution in [3.8, 4) is 17.2 Å². The van der Waals surface area contributed by atoms with Crippen LogP contribution in [0, 0.1) is 0 Å². The maximum Gasteiger partial charge on any atom is 0.343 e. The molecule has 268 valence electrons. The van der Waals surface area contributed by atoms with Gasteiger partial charge in [0, 0.05) is 0 Å². The van der Waals surface area contributed by atoms with E-state index in [4.69, 9.17) is 23.7 Å². The average molecular weight is 851 g/mol. The van der Waals surface area contributed by atoms with Crippen LogP contribution < -0.4 is 29.1 Å². The second kappa shape index (κ2) is 16.3. The molecule has 6 rings (SSSR count). The monoisotopic (exact) mass is 848 g/mol. The zero-order valence-electron chi connectivity index (χ0n) is 28.7. The number of benzene rings is 4. The number of hydrogen-bond donors (Lipinski definition) is 0. The number of ether oxygens (including phenoxy) is 5. The second-order valence-electron chi connectivity index (χ2n) is 11.5. The zero-order chi connectivity index (χ0) is 36.9. The van der Waals surface area contributed by atoms with Gasteiger partial charge in [-0.25, -0.2) is 14.6 Å². The zero-order valence-corrected chi connectivity index (χ0v) is 32.7. The van der Waals surface area contributed by atoms with Gasteiger partial charge in [-0.1, -0.05) is 59.9 Å². The lowest BCUT2D eigenvalue weighted by Crippen LogP contribution is -2.40. The number of aromatic nitrogens is 1. The Bertz CT molecular complexity index is 2370. The molecule has 0 N–H and O–H groups in total. The number of carbonyl (C=O) groups is 2. The highest BCUT2D eigenvalue weighted by Crippen LogP contribution is 2.38. The summed E-state index contributed by atoms with van der Waals surface area (Å²) >= 11 is 8.55. The predicted molar refractivity (Wildman–Crippen MR) is 206 cm³/mol. The van der Waals surface area contributed by atoms with Crippen LogP contribution in [-0.4, -0.2) is 43.4 Å². The molecular weight excluding hydrogens is 816 g/mol. The minimum atomic E-state index is -0.880. The summed E-state index contributed by atoms with van der Waals surface area (Å²) in [6.07, 6.45) is 1.78. The third kappa shape index (κ3) is 7.71. The molecule has 0 bridgehead atoms. The van der Waals surface area contributed by atoms with E-state index in [-0.39, 0.29) is 24.3 Å². The van der Waals surface area contributed by atoms with Gasteiger partial charge < -0.3 is 23.7 Å². The summed E-state index contributed by atoms with van der Waals surface area (Å²) in [4.78, 5) is 44.6. The van der Waals surface area contributed by atoms with Crippen LogP contribution in [-0.2, 0) is 25.7 Å². The third-order valence-electron chi connectivity index (χ3n) is 8.24. The van der Waals surface area contributed by atoms with Crippen molar-refractivity contribution in [2.45, 2.75) is 33.4 Å². The number of thiazole rings is 1. The quantitative estimate of drug-likeness (QED) is 0.123. The van der Waals surface area contributed by atoms with Crippen LogP contribution in [0.2, 0.25) is 0 Å². The summed E-state index contributed by atoms with van der Waals surface area (Å²) < 4.78 is 31.3. The van der Waals surface area contributed by atoms with Crippen molar-refractivity contribution in [2.75, 3.05) is 26.9 Å². The van der Waals surface area contributed by atoms with E-state index in [1.165, 1.54) is 23.0 Å². The van der Waals surface area contributed by atoms with E-state index >= 15 is 0 Å². The van der Waals surface area contributed by atoms with E-state index in [0.717, 1.165) is 21.9 Å². The Morgan fingerprint density at radius 1 is 0.923 bits per heavy atom. The first kappa shape index (κ1) is 37.1. The molecule has 1 atom stereocenters. The molecule has 4 aromatic carbocycles. The number of hydrogen-bond acceptors (Lipinski definition) is 10. The normalized spacial score (nSPS) is 14.1. The second-order valence-corrected chi connectivity index (χ2v) is 14.3. The molecule has 0 unspecified atom stereocenters. The number of allylic oxidation sites excluding steroid dienone is 1. The molecule has 1 aliphatic heterocycles. The molecule has 52 heavy (non-hydrogen) atoms. The first-order valence-corrected chi connectivity index (χ1v) is 18.8. The highest BCUT2D eigenvalue weighted by molar-refractivity contribution is 9.11. The van der Waals surface area contributed by atoms with E-state index < -0.39 is 18.0 Å². The Morgan fingerprint density at radius 3 is 2.40 bits per heavy atom. The third-order valence-corrected chi connectivity index (χ3v) is 10.4. The highest BCUT2D eigenvalue weighted by atomic mass is 79.9. The van der Waals surface area contributed by atoms with Gasteiger partial charge in [-0.2, -0.15) is 0 Å². The molecule has 10 nitrogen and oxygen atoms in total. The molecule has 0 radical (unpaired) electrons. The fourth-order valence-corrected chi connectivity index (χ4v) is 8.40. The molecule has 13 heteroatoms. The van der Waals surface area contributed by atoms with Crippen LogP contribution in [0.1, 0.15) is 43.5 Å². The molecule has 0 aliphatic carbocycles. The fraction of sp³-hybridized carbons (Fsp3) is 0.231. The van der Waals surface area contributed by atoms with Crippen molar-refractivity contribution < 1.29 is 33.3 Å². The van der Waals surface area contributed by atoms with Gasteiger partial charge in [0.1, 0.15) is 12.4 Å². The number of nitrogens with zero attached hydrogens (tertiary/aromatic N) is 2. The minimum absolute atomic E-state index is 0.142. The molecule has 0 saturated heterocycles. The van der Waals surface area contributed by atoms with Crippen LogP contribution in [0.3, 0.4) is 0 Å². The van der Waals surface area contributed by atoms with Gasteiger partial charge >= 0.3 is 11.9 Å². The minimum Gasteiger partial charge on any atom is -0.490 e. The Labute approximate surface area is 320 Å². The topological polar surface area (TPSA) is 115 Å². The molecule has 1 aliphatic rings. The smallest absolute Gasteiger partial charge is 0.343 e. The number of carbonyl (C=O) groups excluding carboxylic acids is 2. The van der Waals surface area contributed by atoms with Gasteiger partial charge in [0.2, 0.25) is 0 Å². The van der Waals surface area contributed by atoms with Crippen molar-refractivity contribution in [1.82, 2.24) is 4.57 Å². The van der Waals surface area contributed by atoms with Gasteiger partial charge in [-0.15, -0.1) is 0 Å². The molecule has 0 fully saturated rings. The van der Waals surface area contributed by atoms with Crippen molar-refractivity contribution in [2.24, 2.45) is 4.99 Å². The summed E-state index contributed by atoms with van der Waals surface area (Å²) in [6.45, 7) is 5.74. The molecule has 1 aromatic heterocycles. The van der Waals surface area contributed by atoms with Crippen LogP contribution in [0.5, 0.6) is 17.2 Å². The first-order chi connectivity index (χ1) is 25.1. The lowest BCUT2D eigenvalue weighted by atomic mass is 9.95. The molecule has 5 aromatic rings. The van der Waals surface area contributed by atoms with Crippen LogP contribution >= 0.6 is 43.2 Å². The molecule has 0 amide bonds. The van der Waals surface area contributed by atoms with Crippen molar-refractivity contribution in [1.29, 1.82) is 0 Å². The molecule has 0 saturated carbocycles. The van der Waals surface area contributed by atoms with E-state index in [9.17, 15) is 14.4 Å². The lowest BCUT2D eigenvalue weighted by molar-refractivity contribution is -0.143. The van der Waals surface area contributed by atoms with Crippen molar-refractivity contribution in [3.63, 3.8) is 0 Å². The van der Waals surface area contributed by atoms with E-state index in [2.05, 4.69) is 55.1 Å². The highest BCUT2D eigenvalue weighted by Gasteiger charge is 2.34. The first-order valence-electron chi connectivity index (χ1n) is 16.4. The lowest BCUT2D eigenvalue weighted by Gasteiger charge is -2.25. The number of methoxy groups -OCH3 is 1. The summed E-state index contributed by atoms with van der Waals surface area (Å²) in [5.74, 6) is 0.136. The van der Waals surface area contributed by atoms with Crippen molar-refractivity contribution >= 4 is 72.0 Å². The number of halogens is 2. The molecular formula is C39H34Br2N2O8S. The van der Waals surface area contributed by atoms with Crippen LogP contribution in [0.15, 0.2) is 103 Å². The summed E-state index contributed by atoms with van der Waals surface area (Å²) in [6, 6.07) is 22.2. The van der Waals surface area contributed by atoms with E-state index in [0.29, 0.717) is 60.0 Å². The average Bonchev–Trinajstić information content (AvgIpc) is 3.43. The maximum absolute atomic E-state index is 14.3. The Kier molecular flexibility index (Phi) is 11.6. The van der Waals surface area contributed by atoms with Gasteiger partial charge in [0.15, 0.2) is 22.9 Å². The van der Waals surface area contributed by atoms with Gasteiger partial charge in [0.05, 0.1) is 51.1 Å². The van der Waals surface area contributed by atoms with E-state index in [1.807, 2.05) is 43.3 Å². The Hall–Kier alpha value is -4.72. The standard InChI is InChI=1S/C39H34Br2N2O8S/c1-5-48-31-19-25(14-15-30(31)50-21-33(44)47-4)35-34(38(46)49-6-2)22(3)42-39-43(35)37(45)32(52-39)18-23-16-28(40)36(29(41)17-23)51-20-26-12-9-11-24-10-7-8-13-27(24)26/h7-19,35H,5-6,20-21H2,1-4H3/b32-18-/t35-/m1/s1. The predicted octanol–water partition coefficient (Wildman–Crippen LogP) is 7.01. The number of rotatable bonds is 12. The largest absolute Gasteiger partial charge is 0.490 e. The summed E-state index contributed by atoms with van der Waals surface area (Å²) in [5, 5.41) is 2.27. The number of esters is 2. The number of fused-ring (bicyclic) bond motifs is 2. The SMILES string of the molecule is CCOC(=O)C1=C(C)N=c2s/c(=C\c3cc(Br)c(OCc4cccc5ccccc45)c(Br)c3)c(=O)n2[C@@H]1c1ccc(OCC(=O)OC)c(OCC)c1. The molecule has 0 spiro atoms. The van der Waals surface area contributed by atoms with E-state index in [1.54, 1.807) is 38.1 Å². The van der Waals surface area contributed by atoms with Crippen molar-refractivity contribution in [3.05, 3.63) is 129 Å². The van der Waals surface area contributed by atoms with Gasteiger partial charge in [-0.05, 0) is 110 Å². The molecule has 2 heterocycles. The van der Waals surface area contributed by atoms with Gasteiger partial charge in [0.25, 0.3) is 5.56 Å². The Morgan fingerprint density at radius 2 is 1.67 bits per heavy atom. The Balaban J connectivity index is 1.38. The van der Waals surface area contributed by atoms with Crippen LogP contribution in [0.4, 0.5) is 0 Å². The summed E-state index contributed by atoms with van der Waals surface area (Å²) in [7, 11) is 1.27. The fourth-order valence-electron chi connectivity index (χ4n) is 5.91.